The van der Waals surface area contributed by atoms with Gasteiger partial charge in [0, 0.05) is 17.1 Å². The van der Waals surface area contributed by atoms with Gasteiger partial charge >= 0.3 is 0 Å². The van der Waals surface area contributed by atoms with Gasteiger partial charge in [0.25, 0.3) is 0 Å². The lowest BCUT2D eigenvalue weighted by atomic mass is 9.68. The molecule has 2 heteroatoms. The number of hydrogen-bond acceptors (Lipinski definition) is 1. The van der Waals surface area contributed by atoms with Gasteiger partial charge in [-0.1, -0.05) is 177 Å². The van der Waals surface area contributed by atoms with Crippen LogP contribution in [0.1, 0.15) is 22.3 Å². The summed E-state index contributed by atoms with van der Waals surface area (Å²) in [4.78, 5) is 2.47. The minimum absolute atomic E-state index is 0.434. The Labute approximate surface area is 323 Å². The summed E-state index contributed by atoms with van der Waals surface area (Å²) >= 11 is 0. The molecule has 9 aromatic carbocycles. The van der Waals surface area contributed by atoms with Crippen LogP contribution in [0.5, 0.6) is 0 Å². The Bertz CT molecular complexity index is 2910. The van der Waals surface area contributed by atoms with Gasteiger partial charge in [-0.25, -0.2) is 0 Å². The fourth-order valence-electron chi connectivity index (χ4n) is 9.99. The van der Waals surface area contributed by atoms with E-state index in [-0.39, 0.29) is 0 Å². The summed E-state index contributed by atoms with van der Waals surface area (Å²) in [6.45, 7) is 5.00. The van der Waals surface area contributed by atoms with Crippen LogP contribution in [0, 0.1) is 0 Å². The van der Waals surface area contributed by atoms with Gasteiger partial charge in [-0.2, -0.15) is 0 Å². The molecular weight excluding hydrogens is 679 g/mol. The maximum atomic E-state index is 2.50. The van der Waals surface area contributed by atoms with E-state index in [9.17, 15) is 0 Å². The summed E-state index contributed by atoms with van der Waals surface area (Å²) in [5.74, 6) is 0. The van der Waals surface area contributed by atoms with Crippen molar-refractivity contribution in [1.82, 2.24) is 0 Å². The number of benzene rings is 9. The third-order valence-corrected chi connectivity index (χ3v) is 16.1. The van der Waals surface area contributed by atoms with Crippen LogP contribution < -0.4 is 15.3 Å². The summed E-state index contributed by atoms with van der Waals surface area (Å²) < 4.78 is 0. The quantitative estimate of drug-likeness (QED) is 0.127. The number of nitrogens with zero attached hydrogens (tertiary/aromatic N) is 1. The topological polar surface area (TPSA) is 3.24 Å². The van der Waals surface area contributed by atoms with Crippen molar-refractivity contribution < 1.29 is 0 Å². The molecule has 1 aliphatic heterocycles. The predicted octanol–water partition coefficient (Wildman–Crippen LogP) is 12.6. The van der Waals surface area contributed by atoms with Gasteiger partial charge in [0.15, 0.2) is 0 Å². The molecule has 0 N–H and O–H groups in total. The van der Waals surface area contributed by atoms with Crippen LogP contribution >= 0.6 is 0 Å². The van der Waals surface area contributed by atoms with Gasteiger partial charge in [-0.3, -0.25) is 0 Å². The van der Waals surface area contributed by atoms with E-state index in [0.29, 0.717) is 0 Å². The molecule has 0 amide bonds. The zero-order chi connectivity index (χ0) is 36.7. The molecule has 1 nitrogen and oxygen atoms in total. The van der Waals surface area contributed by atoms with Crippen molar-refractivity contribution in [2.24, 2.45) is 0 Å². The lowest BCUT2D eigenvalue weighted by molar-refractivity contribution is 0.768. The van der Waals surface area contributed by atoms with E-state index >= 15 is 0 Å². The van der Waals surface area contributed by atoms with Gasteiger partial charge in [-0.05, 0) is 113 Å². The number of hydrogen-bond donors (Lipinski definition) is 0. The normalized spacial score (nSPS) is 14.3. The molecule has 1 aliphatic carbocycles. The van der Waals surface area contributed by atoms with Crippen LogP contribution in [-0.2, 0) is 5.41 Å². The number of fused-ring (bicyclic) bond motifs is 9. The average molecular weight is 718 g/mol. The molecule has 0 fully saturated rings. The SMILES string of the molecule is C[Si]1(C)c2ccccc2-c2ccc(N(c3ccc(C4(c5ccccc5)c5ccccc5-c5ccccc54)cc3)c3ccc4c(ccc5ccccc54)c3)cc21. The van der Waals surface area contributed by atoms with E-state index in [1.165, 1.54) is 82.1 Å². The van der Waals surface area contributed by atoms with Gasteiger partial charge < -0.3 is 4.90 Å². The Kier molecular flexibility index (Phi) is 6.99. The van der Waals surface area contributed by atoms with E-state index < -0.39 is 13.5 Å². The maximum absolute atomic E-state index is 2.50. The van der Waals surface area contributed by atoms with Crippen molar-refractivity contribution in [2.75, 3.05) is 4.90 Å². The Morgan fingerprint density at radius 1 is 0.364 bits per heavy atom. The molecule has 9 aromatic rings. The summed E-state index contributed by atoms with van der Waals surface area (Å²) in [6.07, 6.45) is 0. The predicted molar refractivity (Wildman–Crippen MR) is 236 cm³/mol. The van der Waals surface area contributed by atoms with E-state index in [1.54, 1.807) is 0 Å². The van der Waals surface area contributed by atoms with Crippen molar-refractivity contribution in [1.29, 1.82) is 0 Å². The minimum Gasteiger partial charge on any atom is -0.310 e. The van der Waals surface area contributed by atoms with Crippen LogP contribution in [0.3, 0.4) is 0 Å². The first-order valence-electron chi connectivity index (χ1n) is 19.3. The Morgan fingerprint density at radius 2 is 0.891 bits per heavy atom. The van der Waals surface area contributed by atoms with Crippen molar-refractivity contribution in [2.45, 2.75) is 18.5 Å². The highest BCUT2D eigenvalue weighted by atomic mass is 28.3. The first kappa shape index (κ1) is 32.0. The molecule has 55 heavy (non-hydrogen) atoms. The van der Waals surface area contributed by atoms with Crippen LogP contribution in [-0.4, -0.2) is 8.07 Å². The number of rotatable bonds is 5. The fraction of sp³-hybridized carbons (Fsp3) is 0.0566. The Hall–Kier alpha value is -6.48. The first-order valence-corrected chi connectivity index (χ1v) is 22.3. The summed E-state index contributed by atoms with van der Waals surface area (Å²) in [6, 6.07) is 74.9. The molecule has 0 saturated carbocycles. The highest BCUT2D eigenvalue weighted by Gasteiger charge is 2.46. The molecular formula is C53H39NSi. The Balaban J connectivity index is 1.12. The summed E-state index contributed by atoms with van der Waals surface area (Å²) in [7, 11) is -1.90. The molecule has 0 spiro atoms. The van der Waals surface area contributed by atoms with Gasteiger partial charge in [0.1, 0.15) is 8.07 Å². The maximum Gasteiger partial charge on any atom is 0.113 e. The van der Waals surface area contributed by atoms with Crippen LogP contribution in [0.15, 0.2) is 200 Å². The monoisotopic (exact) mass is 717 g/mol. The van der Waals surface area contributed by atoms with Crippen molar-refractivity contribution in [3.05, 3.63) is 222 Å². The molecule has 1 heterocycles. The Morgan fingerprint density at radius 3 is 1.65 bits per heavy atom. The molecule has 2 aliphatic rings. The molecule has 0 radical (unpaired) electrons. The third kappa shape index (κ3) is 4.59. The van der Waals surface area contributed by atoms with E-state index in [2.05, 4.69) is 218 Å². The highest BCUT2D eigenvalue weighted by Crippen LogP contribution is 2.56. The van der Waals surface area contributed by atoms with Gasteiger partial charge in [-0.15, -0.1) is 0 Å². The lowest BCUT2D eigenvalue weighted by Crippen LogP contribution is -2.49. The van der Waals surface area contributed by atoms with Crippen molar-refractivity contribution in [3.8, 4) is 22.3 Å². The largest absolute Gasteiger partial charge is 0.310 e. The second-order valence-electron chi connectivity index (χ2n) is 15.7. The molecule has 260 valence electrons. The van der Waals surface area contributed by atoms with Crippen LogP contribution in [0.4, 0.5) is 17.1 Å². The van der Waals surface area contributed by atoms with E-state index in [0.717, 1.165) is 11.4 Å². The van der Waals surface area contributed by atoms with E-state index in [4.69, 9.17) is 0 Å². The lowest BCUT2D eigenvalue weighted by Gasteiger charge is -2.34. The third-order valence-electron chi connectivity index (χ3n) is 12.5. The van der Waals surface area contributed by atoms with Crippen molar-refractivity contribution >= 4 is 57.1 Å². The standard InChI is InChI=1S/C53H39NSi/c1-55(2)51-23-13-10-20-47(51)48-33-31-42(35-52(48)55)54(41-30-32-44-37(34-41)25-24-36-14-6-7-17-43(36)44)40-28-26-39(27-29-40)53(38-15-4-3-5-16-38)49-21-11-8-18-45(49)46-19-9-12-22-50(46)53/h3-35H,1-2H3. The zero-order valence-electron chi connectivity index (χ0n) is 31.0. The smallest absolute Gasteiger partial charge is 0.113 e. The first-order chi connectivity index (χ1) is 27.0. The van der Waals surface area contributed by atoms with Gasteiger partial charge in [0.05, 0.1) is 5.41 Å². The summed E-state index contributed by atoms with van der Waals surface area (Å²) in [5, 5.41) is 8.10. The molecule has 0 atom stereocenters. The molecule has 0 bridgehead atoms. The minimum atomic E-state index is -1.90. The highest BCUT2D eigenvalue weighted by molar-refractivity contribution is 7.03. The average Bonchev–Trinajstić information content (AvgIpc) is 3.67. The fourth-order valence-corrected chi connectivity index (χ4v) is 13.1. The molecule has 0 saturated heterocycles. The second kappa shape index (κ2) is 12.0. The zero-order valence-corrected chi connectivity index (χ0v) is 32.0. The van der Waals surface area contributed by atoms with Crippen LogP contribution in [0.25, 0.3) is 43.8 Å². The number of anilines is 3. The van der Waals surface area contributed by atoms with Gasteiger partial charge in [0.2, 0.25) is 0 Å². The van der Waals surface area contributed by atoms with E-state index in [1.807, 2.05) is 0 Å². The molecule has 0 unspecified atom stereocenters. The molecule has 0 aromatic heterocycles. The summed E-state index contributed by atoms with van der Waals surface area (Å²) in [5.41, 5.74) is 13.7. The van der Waals surface area contributed by atoms with Crippen LogP contribution in [0.2, 0.25) is 13.1 Å². The molecule has 11 rings (SSSR count). The second-order valence-corrected chi connectivity index (χ2v) is 20.0. The van der Waals surface area contributed by atoms with Crippen molar-refractivity contribution in [3.63, 3.8) is 0 Å².